The number of allylic oxidation sites excluding steroid dienone is 1. The molecule has 0 amide bonds. The van der Waals surface area contributed by atoms with Gasteiger partial charge < -0.3 is 18.5 Å². The van der Waals surface area contributed by atoms with Crippen molar-refractivity contribution in [3.8, 4) is 11.5 Å². The molecule has 0 N–H and O–H groups in total. The molecule has 3 aromatic rings. The van der Waals surface area contributed by atoms with E-state index >= 15 is 0 Å². The Morgan fingerprint density at radius 2 is 1.59 bits per heavy atom. The van der Waals surface area contributed by atoms with Crippen LogP contribution in [0.5, 0.6) is 11.5 Å². The molecule has 2 aliphatic rings. The minimum Gasteiger partial charge on any atom is -0.497 e. The molecule has 0 aliphatic carbocycles. The highest BCUT2D eigenvalue weighted by molar-refractivity contribution is 7.65. The van der Waals surface area contributed by atoms with E-state index in [2.05, 4.69) is 10.2 Å². The molecule has 5 rings (SSSR count). The van der Waals surface area contributed by atoms with Gasteiger partial charge in [-0.1, -0.05) is 26.0 Å². The van der Waals surface area contributed by atoms with Gasteiger partial charge in [0.2, 0.25) is 0 Å². The lowest BCUT2D eigenvalue weighted by molar-refractivity contribution is -0.384. The third kappa shape index (κ3) is 5.83. The van der Waals surface area contributed by atoms with Crippen LogP contribution in [0.1, 0.15) is 25.0 Å². The Morgan fingerprint density at radius 3 is 2.23 bits per heavy atom. The molecule has 200 valence electrons. The van der Waals surface area contributed by atoms with E-state index in [1.165, 1.54) is 24.3 Å². The Labute approximate surface area is 225 Å². The number of azo groups is 1. The second kappa shape index (κ2) is 10.6. The second-order valence-corrected chi connectivity index (χ2v) is 11.7. The van der Waals surface area contributed by atoms with E-state index in [1.54, 1.807) is 55.7 Å². The SMILES string of the molecule is COc1ccc(/C(=C2\C=Cc3cc(N=Nc4ccc([N+](=O)[O-])cc4)ccc3O2)P2(=O)OCC(C)(C)CO2)cc1. The van der Waals surface area contributed by atoms with E-state index in [0.29, 0.717) is 39.5 Å². The van der Waals surface area contributed by atoms with E-state index in [-0.39, 0.29) is 24.3 Å². The summed E-state index contributed by atoms with van der Waals surface area (Å²) in [5, 5.41) is 19.6. The van der Waals surface area contributed by atoms with E-state index in [4.69, 9.17) is 18.5 Å². The highest BCUT2D eigenvalue weighted by Crippen LogP contribution is 2.65. The highest BCUT2D eigenvalue weighted by Gasteiger charge is 2.42. The molecular formula is C28H26N3O7P. The Hall–Kier alpha value is -4.11. The van der Waals surface area contributed by atoms with Gasteiger partial charge in [-0.2, -0.15) is 10.2 Å². The standard InChI is InChI=1S/C28H26N3O7P/c1-28(2)17-36-39(34,37-18-28)27(19-4-12-24(35-3)13-5-19)26-14-6-20-16-22(9-15-25(20)38-26)30-29-21-7-10-23(11-8-21)31(32)33/h4-16H,17-18H2,1-3H3/b27-26-,30-29?. The number of hydrogen-bond acceptors (Lipinski definition) is 9. The fourth-order valence-electron chi connectivity index (χ4n) is 3.93. The van der Waals surface area contributed by atoms with Crippen LogP contribution in [0.3, 0.4) is 0 Å². The maximum absolute atomic E-state index is 14.0. The van der Waals surface area contributed by atoms with Crippen molar-refractivity contribution in [2.45, 2.75) is 13.8 Å². The quantitative estimate of drug-likeness (QED) is 0.132. The number of rotatable bonds is 6. The molecule has 39 heavy (non-hydrogen) atoms. The molecule has 0 radical (unpaired) electrons. The minimum absolute atomic E-state index is 0.0158. The van der Waals surface area contributed by atoms with Crippen molar-refractivity contribution >= 4 is 36.0 Å². The number of benzene rings is 3. The fraction of sp³-hybridized carbons (Fsp3) is 0.214. The first kappa shape index (κ1) is 26.5. The first-order valence-electron chi connectivity index (χ1n) is 12.1. The predicted octanol–water partition coefficient (Wildman–Crippen LogP) is 8.06. The summed E-state index contributed by atoms with van der Waals surface area (Å²) in [6, 6.07) is 18.2. The first-order valence-corrected chi connectivity index (χ1v) is 13.6. The van der Waals surface area contributed by atoms with Crippen LogP contribution < -0.4 is 9.47 Å². The van der Waals surface area contributed by atoms with Crippen LogP contribution in [0.15, 0.2) is 88.8 Å². The number of nitrogens with zero attached hydrogens (tertiary/aromatic N) is 3. The summed E-state index contributed by atoms with van der Waals surface area (Å²) < 4.78 is 37.3. The van der Waals surface area contributed by atoms with E-state index < -0.39 is 12.5 Å². The van der Waals surface area contributed by atoms with Crippen molar-refractivity contribution in [1.82, 2.24) is 0 Å². The van der Waals surface area contributed by atoms with Crippen LogP contribution in [0.2, 0.25) is 0 Å². The summed E-state index contributed by atoms with van der Waals surface area (Å²) in [5.41, 5.74) is 2.15. The average Bonchev–Trinajstić information content (AvgIpc) is 2.94. The van der Waals surface area contributed by atoms with Gasteiger partial charge in [-0.3, -0.25) is 14.7 Å². The third-order valence-corrected chi connectivity index (χ3v) is 8.05. The normalized spacial score (nSPS) is 18.7. The van der Waals surface area contributed by atoms with Crippen LogP contribution in [0.4, 0.5) is 17.1 Å². The van der Waals surface area contributed by atoms with Gasteiger partial charge >= 0.3 is 7.60 Å². The number of ether oxygens (including phenoxy) is 2. The van der Waals surface area contributed by atoms with E-state index in [0.717, 1.165) is 5.56 Å². The van der Waals surface area contributed by atoms with Crippen molar-refractivity contribution in [3.05, 3.63) is 99.8 Å². The van der Waals surface area contributed by atoms with Gasteiger partial charge in [-0.15, -0.1) is 0 Å². The molecule has 0 aromatic heterocycles. The Bertz CT molecular complexity index is 1530. The zero-order chi connectivity index (χ0) is 27.6. The fourth-order valence-corrected chi connectivity index (χ4v) is 6.16. The number of methoxy groups -OCH3 is 1. The van der Waals surface area contributed by atoms with Crippen molar-refractivity contribution in [2.75, 3.05) is 20.3 Å². The van der Waals surface area contributed by atoms with Gasteiger partial charge in [-0.05, 0) is 60.2 Å². The van der Waals surface area contributed by atoms with Crippen LogP contribution in [-0.4, -0.2) is 25.2 Å². The summed E-state index contributed by atoms with van der Waals surface area (Å²) in [4.78, 5) is 10.4. The Kier molecular flexibility index (Phi) is 7.18. The molecule has 0 unspecified atom stereocenters. The molecule has 1 saturated heterocycles. The maximum Gasteiger partial charge on any atom is 0.365 e. The Balaban J connectivity index is 1.46. The molecule has 0 atom stereocenters. The van der Waals surface area contributed by atoms with Crippen molar-refractivity contribution in [2.24, 2.45) is 15.6 Å². The molecule has 10 nitrogen and oxygen atoms in total. The van der Waals surface area contributed by atoms with E-state index in [9.17, 15) is 14.7 Å². The molecule has 11 heteroatoms. The monoisotopic (exact) mass is 547 g/mol. The Morgan fingerprint density at radius 1 is 0.949 bits per heavy atom. The summed E-state index contributed by atoms with van der Waals surface area (Å²) in [5.74, 6) is 1.56. The van der Waals surface area contributed by atoms with Crippen LogP contribution >= 0.6 is 7.60 Å². The molecule has 3 aromatic carbocycles. The molecule has 0 spiro atoms. The number of nitro benzene ring substituents is 1. The lowest BCUT2D eigenvalue weighted by atomic mass is 9.97. The maximum atomic E-state index is 14.0. The number of fused-ring (bicyclic) bond motifs is 1. The minimum atomic E-state index is -3.71. The zero-order valence-electron chi connectivity index (χ0n) is 21.6. The van der Waals surface area contributed by atoms with Gasteiger partial charge in [-0.25, -0.2) is 0 Å². The largest absolute Gasteiger partial charge is 0.497 e. The van der Waals surface area contributed by atoms with Gasteiger partial charge in [0.15, 0.2) is 0 Å². The molecule has 2 heterocycles. The third-order valence-electron chi connectivity index (χ3n) is 6.09. The summed E-state index contributed by atoms with van der Waals surface area (Å²) in [6.45, 7) is 4.53. The lowest BCUT2D eigenvalue weighted by Gasteiger charge is -2.35. The van der Waals surface area contributed by atoms with Gasteiger partial charge in [0, 0.05) is 23.1 Å². The molecule has 1 fully saturated rings. The molecule has 0 bridgehead atoms. The van der Waals surface area contributed by atoms with Gasteiger partial charge in [0.25, 0.3) is 5.69 Å². The molecular weight excluding hydrogens is 521 g/mol. The van der Waals surface area contributed by atoms with Crippen LogP contribution in [-0.2, 0) is 13.6 Å². The number of non-ortho nitro benzene ring substituents is 1. The van der Waals surface area contributed by atoms with Crippen molar-refractivity contribution in [1.29, 1.82) is 0 Å². The highest BCUT2D eigenvalue weighted by atomic mass is 31.2. The predicted molar refractivity (Wildman–Crippen MR) is 147 cm³/mol. The topological polar surface area (TPSA) is 122 Å². The van der Waals surface area contributed by atoms with Crippen LogP contribution in [0, 0.1) is 15.5 Å². The average molecular weight is 548 g/mol. The second-order valence-electron chi connectivity index (χ2n) is 9.78. The summed E-state index contributed by atoms with van der Waals surface area (Å²) >= 11 is 0. The van der Waals surface area contributed by atoms with E-state index in [1.807, 2.05) is 19.9 Å². The van der Waals surface area contributed by atoms with Gasteiger partial charge in [0.05, 0.1) is 36.6 Å². The molecule has 0 saturated carbocycles. The van der Waals surface area contributed by atoms with Gasteiger partial charge in [0.1, 0.15) is 22.6 Å². The first-order chi connectivity index (χ1) is 18.7. The zero-order valence-corrected chi connectivity index (χ0v) is 22.5. The lowest BCUT2D eigenvalue weighted by Crippen LogP contribution is -2.29. The van der Waals surface area contributed by atoms with Crippen LogP contribution in [0.25, 0.3) is 11.4 Å². The van der Waals surface area contributed by atoms with Crippen molar-refractivity contribution in [3.63, 3.8) is 0 Å². The summed E-state index contributed by atoms with van der Waals surface area (Å²) in [6.07, 6.45) is 3.56. The summed E-state index contributed by atoms with van der Waals surface area (Å²) in [7, 11) is -2.13. The molecule has 2 aliphatic heterocycles. The number of nitro groups is 1. The van der Waals surface area contributed by atoms with Crippen molar-refractivity contribution < 1.29 is 28.0 Å². The smallest absolute Gasteiger partial charge is 0.365 e. The number of hydrogen-bond donors (Lipinski definition) is 0.